The number of hydrogen-bond donors (Lipinski definition) is 0. The molecule has 0 aromatic carbocycles. The maximum atomic E-state index is 11.2. The summed E-state index contributed by atoms with van der Waals surface area (Å²) in [6.07, 6.45) is 2.91. The van der Waals surface area contributed by atoms with E-state index in [2.05, 4.69) is 22.9 Å². The maximum Gasteiger partial charge on any atom is 0.222 e. The third kappa shape index (κ3) is 1.95. The molecule has 0 aromatic rings. The monoisotopic (exact) mass is 219 g/mol. The van der Waals surface area contributed by atoms with Crippen molar-refractivity contribution in [3.63, 3.8) is 0 Å². The predicted molar refractivity (Wildman–Crippen MR) is 48.8 cm³/mol. The largest absolute Gasteiger partial charge is 0.342 e. The van der Waals surface area contributed by atoms with Crippen LogP contribution >= 0.6 is 15.9 Å². The Morgan fingerprint density at radius 3 is 2.82 bits per heavy atom. The van der Waals surface area contributed by atoms with Crippen LogP contribution in [0.25, 0.3) is 0 Å². The molecule has 1 unspecified atom stereocenters. The van der Waals surface area contributed by atoms with Crippen LogP contribution in [0.1, 0.15) is 26.2 Å². The van der Waals surface area contributed by atoms with Gasteiger partial charge in [-0.2, -0.15) is 0 Å². The first-order valence-corrected chi connectivity index (χ1v) is 4.94. The van der Waals surface area contributed by atoms with Gasteiger partial charge in [-0.3, -0.25) is 4.79 Å². The summed E-state index contributed by atoms with van der Waals surface area (Å²) in [5, 5.41) is 0. The Hall–Kier alpha value is -0.0500. The second-order valence-corrected chi connectivity index (χ2v) is 4.59. The van der Waals surface area contributed by atoms with Gasteiger partial charge in [0.2, 0.25) is 5.91 Å². The van der Waals surface area contributed by atoms with Crippen molar-refractivity contribution in [3.8, 4) is 0 Å². The van der Waals surface area contributed by atoms with E-state index in [1.165, 1.54) is 0 Å². The van der Waals surface area contributed by atoms with Crippen molar-refractivity contribution in [3.05, 3.63) is 0 Å². The maximum absolute atomic E-state index is 11.2. The van der Waals surface area contributed by atoms with E-state index in [0.29, 0.717) is 10.9 Å². The molecule has 1 fully saturated rings. The second-order valence-electron chi connectivity index (χ2n) is 3.14. The number of alkyl halides is 1. The van der Waals surface area contributed by atoms with Gasteiger partial charge in [-0.05, 0) is 12.8 Å². The van der Waals surface area contributed by atoms with Gasteiger partial charge in [0, 0.05) is 24.3 Å². The van der Waals surface area contributed by atoms with Crippen LogP contribution in [0.2, 0.25) is 0 Å². The van der Waals surface area contributed by atoms with Crippen molar-refractivity contribution < 1.29 is 4.79 Å². The lowest BCUT2D eigenvalue weighted by molar-refractivity contribution is -0.134. The molecule has 1 rings (SSSR count). The number of piperidine rings is 1. The highest BCUT2D eigenvalue weighted by molar-refractivity contribution is 9.09. The highest BCUT2D eigenvalue weighted by atomic mass is 79.9. The molecular weight excluding hydrogens is 206 g/mol. The molecule has 64 valence electrons. The van der Waals surface area contributed by atoms with E-state index in [0.717, 1.165) is 19.3 Å². The zero-order chi connectivity index (χ0) is 8.43. The van der Waals surface area contributed by atoms with Gasteiger partial charge in [-0.25, -0.2) is 0 Å². The van der Waals surface area contributed by atoms with E-state index in [1.54, 1.807) is 0 Å². The van der Waals surface area contributed by atoms with Gasteiger partial charge in [0.25, 0.3) is 0 Å². The predicted octanol–water partition coefficient (Wildman–Crippen LogP) is 1.78. The van der Waals surface area contributed by atoms with Crippen LogP contribution in [-0.2, 0) is 4.79 Å². The molecule has 1 saturated heterocycles. The molecule has 0 N–H and O–H groups in total. The van der Waals surface area contributed by atoms with Crippen LogP contribution in [0, 0.1) is 0 Å². The molecule has 1 amide bonds. The van der Waals surface area contributed by atoms with Crippen LogP contribution in [0.4, 0.5) is 0 Å². The van der Waals surface area contributed by atoms with Gasteiger partial charge in [-0.15, -0.1) is 0 Å². The van der Waals surface area contributed by atoms with E-state index in [9.17, 15) is 4.79 Å². The topological polar surface area (TPSA) is 20.3 Å². The van der Waals surface area contributed by atoms with Crippen molar-refractivity contribution in [2.24, 2.45) is 0 Å². The number of likely N-dealkylation sites (tertiary alicyclic amines) is 1. The van der Waals surface area contributed by atoms with Crippen LogP contribution in [0.5, 0.6) is 0 Å². The molecule has 1 heterocycles. The minimum Gasteiger partial charge on any atom is -0.342 e. The lowest BCUT2D eigenvalue weighted by atomic mass is 10.0. The van der Waals surface area contributed by atoms with Crippen molar-refractivity contribution in [1.29, 1.82) is 0 Å². The first-order valence-electron chi connectivity index (χ1n) is 4.02. The summed E-state index contributed by atoms with van der Waals surface area (Å²) >= 11 is 3.51. The van der Waals surface area contributed by atoms with E-state index < -0.39 is 0 Å². The van der Waals surface area contributed by atoms with Crippen molar-refractivity contribution in [2.45, 2.75) is 37.1 Å². The standard InChI is InChI=1S/C8H14BrNO/c1-6(9)7-4-3-5-8(11)10(7)2/h6-7H,3-5H2,1-2H3/t6-,7?/m0/s1. The molecule has 0 spiro atoms. The van der Waals surface area contributed by atoms with Crippen molar-refractivity contribution in [2.75, 3.05) is 7.05 Å². The summed E-state index contributed by atoms with van der Waals surface area (Å²) in [6.45, 7) is 2.10. The summed E-state index contributed by atoms with van der Waals surface area (Å²) < 4.78 is 0. The average Bonchev–Trinajstić information content (AvgIpc) is 1.94. The smallest absolute Gasteiger partial charge is 0.222 e. The first-order chi connectivity index (χ1) is 5.13. The van der Waals surface area contributed by atoms with E-state index >= 15 is 0 Å². The Labute approximate surface area is 76.1 Å². The van der Waals surface area contributed by atoms with Gasteiger partial charge < -0.3 is 4.90 Å². The number of carbonyl (C=O) groups is 1. The third-order valence-electron chi connectivity index (χ3n) is 2.31. The molecule has 1 aliphatic heterocycles. The molecule has 11 heavy (non-hydrogen) atoms. The van der Waals surface area contributed by atoms with Crippen molar-refractivity contribution in [1.82, 2.24) is 4.90 Å². The van der Waals surface area contributed by atoms with Crippen LogP contribution < -0.4 is 0 Å². The Morgan fingerprint density at radius 2 is 2.36 bits per heavy atom. The normalized spacial score (nSPS) is 28.8. The molecule has 2 atom stereocenters. The Morgan fingerprint density at radius 1 is 1.73 bits per heavy atom. The Balaban J connectivity index is 2.58. The lowest BCUT2D eigenvalue weighted by Gasteiger charge is -2.34. The van der Waals surface area contributed by atoms with Crippen LogP contribution in [0.15, 0.2) is 0 Å². The van der Waals surface area contributed by atoms with E-state index in [-0.39, 0.29) is 5.91 Å². The fourth-order valence-electron chi connectivity index (χ4n) is 1.56. The minimum absolute atomic E-state index is 0.285. The third-order valence-corrected chi connectivity index (χ3v) is 2.92. The summed E-state index contributed by atoms with van der Waals surface area (Å²) in [5.74, 6) is 0.285. The first kappa shape index (κ1) is 9.04. The quantitative estimate of drug-likeness (QED) is 0.617. The lowest BCUT2D eigenvalue weighted by Crippen LogP contribution is -2.44. The van der Waals surface area contributed by atoms with Crippen LogP contribution in [0.3, 0.4) is 0 Å². The number of halogens is 1. The molecule has 3 heteroatoms. The van der Waals surface area contributed by atoms with E-state index in [4.69, 9.17) is 0 Å². The zero-order valence-corrected chi connectivity index (χ0v) is 8.60. The number of hydrogen-bond acceptors (Lipinski definition) is 1. The highest BCUT2D eigenvalue weighted by Crippen LogP contribution is 2.22. The molecule has 1 aliphatic rings. The molecule has 0 saturated carbocycles. The fourth-order valence-corrected chi connectivity index (χ4v) is 2.17. The second kappa shape index (κ2) is 3.57. The summed E-state index contributed by atoms with van der Waals surface area (Å²) in [6, 6.07) is 0.399. The zero-order valence-electron chi connectivity index (χ0n) is 7.01. The number of amides is 1. The Kier molecular flexibility index (Phi) is 2.93. The SMILES string of the molecule is C[C@H](Br)C1CCCC(=O)N1C. The highest BCUT2D eigenvalue weighted by Gasteiger charge is 2.27. The van der Waals surface area contributed by atoms with Gasteiger partial charge in [0.1, 0.15) is 0 Å². The average molecular weight is 220 g/mol. The number of rotatable bonds is 1. The number of nitrogens with zero attached hydrogens (tertiary/aromatic N) is 1. The molecule has 0 radical (unpaired) electrons. The van der Waals surface area contributed by atoms with Crippen molar-refractivity contribution >= 4 is 21.8 Å². The van der Waals surface area contributed by atoms with Gasteiger partial charge in [0.15, 0.2) is 0 Å². The molecule has 0 bridgehead atoms. The fraction of sp³-hybridized carbons (Fsp3) is 0.875. The molecule has 2 nitrogen and oxygen atoms in total. The summed E-state index contributed by atoms with van der Waals surface area (Å²) in [4.78, 5) is 13.5. The minimum atomic E-state index is 0.285. The van der Waals surface area contributed by atoms with Crippen LogP contribution in [-0.4, -0.2) is 28.7 Å². The summed E-state index contributed by atoms with van der Waals surface area (Å²) in [5.41, 5.74) is 0. The van der Waals surface area contributed by atoms with E-state index in [1.807, 2.05) is 11.9 Å². The summed E-state index contributed by atoms with van der Waals surface area (Å²) in [7, 11) is 1.89. The van der Waals surface area contributed by atoms with Gasteiger partial charge in [0.05, 0.1) is 0 Å². The molecule has 0 aromatic heterocycles. The molecule has 0 aliphatic carbocycles. The number of carbonyl (C=O) groups excluding carboxylic acids is 1. The molecular formula is C8H14BrNO. The Bertz CT molecular complexity index is 158. The van der Waals surface area contributed by atoms with Gasteiger partial charge in [-0.1, -0.05) is 22.9 Å². The van der Waals surface area contributed by atoms with Gasteiger partial charge >= 0.3 is 0 Å².